The Morgan fingerprint density at radius 2 is 1.78 bits per heavy atom. The molecule has 4 rings (SSSR count). The molecule has 0 saturated carbocycles. The molecule has 0 bridgehead atoms. The molecule has 3 nitrogen and oxygen atoms in total. The van der Waals surface area contributed by atoms with Gasteiger partial charge in [-0.25, -0.2) is 4.98 Å². The van der Waals surface area contributed by atoms with Crippen LogP contribution in [0.25, 0.3) is 10.9 Å². The van der Waals surface area contributed by atoms with Gasteiger partial charge in [0, 0.05) is 16.8 Å². The summed E-state index contributed by atoms with van der Waals surface area (Å²) in [6.45, 7) is 1.69. The van der Waals surface area contributed by atoms with Crippen LogP contribution in [0.4, 0.5) is 11.5 Å². The van der Waals surface area contributed by atoms with Gasteiger partial charge in [-0.15, -0.1) is 0 Å². The molecule has 4 heteroatoms. The summed E-state index contributed by atoms with van der Waals surface area (Å²) in [5.41, 5.74) is 7.97. The molecule has 0 fully saturated rings. The van der Waals surface area contributed by atoms with Gasteiger partial charge in [-0.2, -0.15) is 0 Å². The van der Waals surface area contributed by atoms with E-state index in [0.29, 0.717) is 0 Å². The molecule has 2 heterocycles. The number of hydrogen-bond donors (Lipinski definition) is 1. The van der Waals surface area contributed by atoms with Crippen LogP contribution < -0.4 is 10.6 Å². The van der Waals surface area contributed by atoms with Crippen molar-refractivity contribution in [3.63, 3.8) is 0 Å². The van der Waals surface area contributed by atoms with Gasteiger partial charge in [0.1, 0.15) is 5.82 Å². The minimum absolute atomic E-state index is 0.738. The van der Waals surface area contributed by atoms with Crippen molar-refractivity contribution in [2.24, 2.45) is 5.73 Å². The van der Waals surface area contributed by atoms with Gasteiger partial charge in [-0.05, 0) is 43.7 Å². The Labute approximate surface area is 140 Å². The molecule has 0 amide bonds. The van der Waals surface area contributed by atoms with E-state index in [1.54, 1.807) is 0 Å². The second kappa shape index (κ2) is 6.22. The smallest absolute Gasteiger partial charge is 0.147 e. The molecule has 0 saturated heterocycles. The maximum absolute atomic E-state index is 5.67. The summed E-state index contributed by atoms with van der Waals surface area (Å²) in [6, 6.07) is 19.2. The van der Waals surface area contributed by atoms with Crippen LogP contribution >= 0.6 is 11.8 Å². The largest absolute Gasteiger partial charge is 0.330 e. The highest BCUT2D eigenvalue weighted by atomic mass is 32.2. The number of rotatable bonds is 4. The summed E-state index contributed by atoms with van der Waals surface area (Å²) in [5.74, 6) is 1.07. The van der Waals surface area contributed by atoms with Gasteiger partial charge in [0.15, 0.2) is 0 Å². The Morgan fingerprint density at radius 1 is 0.957 bits per heavy atom. The predicted octanol–water partition coefficient (Wildman–Crippen LogP) is 4.58. The fourth-order valence-corrected chi connectivity index (χ4v) is 4.09. The third kappa shape index (κ3) is 2.69. The number of pyridine rings is 1. The van der Waals surface area contributed by atoms with Crippen molar-refractivity contribution in [3.05, 3.63) is 54.6 Å². The molecule has 0 spiro atoms. The average Bonchev–Trinajstić information content (AvgIpc) is 2.59. The highest BCUT2D eigenvalue weighted by molar-refractivity contribution is 7.99. The number of benzene rings is 2. The number of unbranched alkanes of at least 4 members (excludes halogenated alkanes) is 1. The van der Waals surface area contributed by atoms with E-state index in [1.165, 1.54) is 20.9 Å². The lowest BCUT2D eigenvalue weighted by Crippen LogP contribution is -2.23. The minimum Gasteiger partial charge on any atom is -0.330 e. The zero-order valence-corrected chi connectivity index (χ0v) is 13.7. The Kier molecular flexibility index (Phi) is 3.93. The van der Waals surface area contributed by atoms with Crippen LogP contribution in [0.1, 0.15) is 12.8 Å². The highest BCUT2D eigenvalue weighted by Gasteiger charge is 2.24. The van der Waals surface area contributed by atoms with E-state index in [-0.39, 0.29) is 0 Å². The fourth-order valence-electron chi connectivity index (χ4n) is 2.99. The molecular formula is C19H19N3S. The molecule has 0 radical (unpaired) electrons. The van der Waals surface area contributed by atoms with Crippen molar-refractivity contribution < 1.29 is 0 Å². The average molecular weight is 321 g/mol. The quantitative estimate of drug-likeness (QED) is 0.714. The van der Waals surface area contributed by atoms with Crippen molar-refractivity contribution >= 4 is 34.2 Å². The lowest BCUT2D eigenvalue weighted by atomic mass is 10.2. The summed E-state index contributed by atoms with van der Waals surface area (Å²) >= 11 is 1.81. The summed E-state index contributed by atoms with van der Waals surface area (Å²) in [5, 5.41) is 1.19. The van der Waals surface area contributed by atoms with Gasteiger partial charge in [-0.1, -0.05) is 42.1 Å². The SMILES string of the molecule is NCCCCN1c2ccccc2Sc2cc3ccccc3nc21. The molecule has 0 aliphatic carbocycles. The fraction of sp³-hybridized carbons (Fsp3) is 0.211. The van der Waals surface area contributed by atoms with Crippen molar-refractivity contribution in [3.8, 4) is 0 Å². The van der Waals surface area contributed by atoms with Gasteiger partial charge in [-0.3, -0.25) is 0 Å². The first-order valence-corrected chi connectivity index (χ1v) is 8.83. The minimum atomic E-state index is 0.738. The summed E-state index contributed by atoms with van der Waals surface area (Å²) in [4.78, 5) is 9.83. The van der Waals surface area contributed by atoms with E-state index in [0.717, 1.165) is 37.3 Å². The summed E-state index contributed by atoms with van der Waals surface area (Å²) in [7, 11) is 0. The zero-order chi connectivity index (χ0) is 15.6. The number of nitrogens with zero attached hydrogens (tertiary/aromatic N) is 2. The molecule has 2 aromatic carbocycles. The van der Waals surface area contributed by atoms with E-state index >= 15 is 0 Å². The Bertz CT molecular complexity index is 847. The number of hydrogen-bond acceptors (Lipinski definition) is 4. The first-order valence-electron chi connectivity index (χ1n) is 8.01. The van der Waals surface area contributed by atoms with Crippen LogP contribution in [0.15, 0.2) is 64.4 Å². The maximum Gasteiger partial charge on any atom is 0.147 e. The Hall–Kier alpha value is -2.04. The normalized spacial score (nSPS) is 13.0. The van der Waals surface area contributed by atoms with E-state index in [2.05, 4.69) is 53.4 Å². The van der Waals surface area contributed by atoms with E-state index < -0.39 is 0 Å². The molecule has 0 atom stereocenters. The van der Waals surface area contributed by atoms with Crippen LogP contribution in [0.5, 0.6) is 0 Å². The van der Waals surface area contributed by atoms with E-state index in [1.807, 2.05) is 17.8 Å². The van der Waals surface area contributed by atoms with Gasteiger partial charge < -0.3 is 10.6 Å². The maximum atomic E-state index is 5.67. The number of anilines is 2. The molecule has 116 valence electrons. The van der Waals surface area contributed by atoms with Crippen LogP contribution in [0.3, 0.4) is 0 Å². The number of fused-ring (bicyclic) bond motifs is 3. The molecule has 1 aromatic heterocycles. The van der Waals surface area contributed by atoms with Crippen molar-refractivity contribution in [1.82, 2.24) is 4.98 Å². The first kappa shape index (κ1) is 14.5. The van der Waals surface area contributed by atoms with Gasteiger partial charge in [0.05, 0.1) is 16.1 Å². The highest BCUT2D eigenvalue weighted by Crippen LogP contribution is 2.47. The number of para-hydroxylation sites is 2. The van der Waals surface area contributed by atoms with E-state index in [9.17, 15) is 0 Å². The molecular weight excluding hydrogens is 302 g/mol. The third-order valence-electron chi connectivity index (χ3n) is 4.14. The molecule has 3 aromatic rings. The van der Waals surface area contributed by atoms with Crippen molar-refractivity contribution in [2.45, 2.75) is 22.6 Å². The summed E-state index contributed by atoms with van der Waals surface area (Å²) < 4.78 is 0. The Morgan fingerprint density at radius 3 is 2.70 bits per heavy atom. The van der Waals surface area contributed by atoms with Crippen molar-refractivity contribution in [2.75, 3.05) is 18.0 Å². The lowest BCUT2D eigenvalue weighted by molar-refractivity contribution is 0.732. The molecule has 1 aliphatic heterocycles. The molecule has 1 aliphatic rings. The molecule has 2 N–H and O–H groups in total. The second-order valence-corrected chi connectivity index (χ2v) is 6.80. The standard InChI is InChI=1S/C19H19N3S/c20-11-5-6-12-22-16-9-3-4-10-17(16)23-18-13-14-7-1-2-8-15(14)21-19(18)22/h1-4,7-10,13H,5-6,11-12,20H2. The van der Waals surface area contributed by atoms with Crippen LogP contribution in [0, 0.1) is 0 Å². The van der Waals surface area contributed by atoms with Crippen LogP contribution in [0.2, 0.25) is 0 Å². The monoisotopic (exact) mass is 321 g/mol. The van der Waals surface area contributed by atoms with Gasteiger partial charge in [0.2, 0.25) is 0 Å². The lowest BCUT2D eigenvalue weighted by Gasteiger charge is -2.32. The molecule has 0 unspecified atom stereocenters. The van der Waals surface area contributed by atoms with Crippen LogP contribution in [-0.4, -0.2) is 18.1 Å². The Balaban J connectivity index is 1.82. The van der Waals surface area contributed by atoms with Gasteiger partial charge >= 0.3 is 0 Å². The molecule has 23 heavy (non-hydrogen) atoms. The second-order valence-electron chi connectivity index (χ2n) is 5.72. The topological polar surface area (TPSA) is 42.1 Å². The number of nitrogens with two attached hydrogens (primary N) is 1. The van der Waals surface area contributed by atoms with E-state index in [4.69, 9.17) is 10.7 Å². The zero-order valence-electron chi connectivity index (χ0n) is 12.9. The van der Waals surface area contributed by atoms with Crippen molar-refractivity contribution in [1.29, 1.82) is 0 Å². The first-order chi connectivity index (χ1) is 11.4. The van der Waals surface area contributed by atoms with Crippen LogP contribution in [-0.2, 0) is 0 Å². The predicted molar refractivity (Wildman–Crippen MR) is 97.6 cm³/mol. The third-order valence-corrected chi connectivity index (χ3v) is 5.22. The summed E-state index contributed by atoms with van der Waals surface area (Å²) in [6.07, 6.45) is 2.11. The number of aromatic nitrogens is 1. The van der Waals surface area contributed by atoms with Gasteiger partial charge in [0.25, 0.3) is 0 Å².